The molecular formula is C23H22BN3O3S2. The van der Waals surface area contributed by atoms with Crippen LogP contribution in [0.2, 0.25) is 0 Å². The number of anilines is 2. The van der Waals surface area contributed by atoms with E-state index in [9.17, 15) is 13.2 Å². The largest absolute Gasteiger partial charge is 0.332 e. The van der Waals surface area contributed by atoms with Gasteiger partial charge < -0.3 is 5.32 Å². The predicted molar refractivity (Wildman–Crippen MR) is 133 cm³/mol. The Morgan fingerprint density at radius 1 is 0.844 bits per heavy atom. The van der Waals surface area contributed by atoms with Crippen LogP contribution in [0.25, 0.3) is 0 Å². The molecule has 0 saturated carbocycles. The Labute approximate surface area is 194 Å². The van der Waals surface area contributed by atoms with Gasteiger partial charge in [0.2, 0.25) is 0 Å². The van der Waals surface area contributed by atoms with Crippen LogP contribution >= 0.6 is 12.2 Å². The number of rotatable bonds is 5. The summed E-state index contributed by atoms with van der Waals surface area (Å²) in [5, 5.41) is 5.52. The van der Waals surface area contributed by atoms with Crippen LogP contribution in [0.5, 0.6) is 0 Å². The first-order valence-corrected chi connectivity index (χ1v) is 11.6. The number of hydrogen-bond acceptors (Lipinski definition) is 4. The Kier molecular flexibility index (Phi) is 7.01. The second kappa shape index (κ2) is 9.54. The van der Waals surface area contributed by atoms with Crippen molar-refractivity contribution < 1.29 is 13.2 Å². The van der Waals surface area contributed by atoms with Gasteiger partial charge in [-0.3, -0.25) is 14.8 Å². The lowest BCUT2D eigenvalue weighted by Crippen LogP contribution is -2.34. The highest BCUT2D eigenvalue weighted by Crippen LogP contribution is 2.20. The third-order valence-electron chi connectivity index (χ3n) is 4.95. The summed E-state index contributed by atoms with van der Waals surface area (Å²) in [6, 6.07) is 16.4. The molecule has 0 bridgehead atoms. The summed E-state index contributed by atoms with van der Waals surface area (Å²) in [6.07, 6.45) is 0. The van der Waals surface area contributed by atoms with Crippen LogP contribution in [-0.4, -0.2) is 27.3 Å². The molecular weight excluding hydrogens is 441 g/mol. The van der Waals surface area contributed by atoms with Gasteiger partial charge >= 0.3 is 0 Å². The zero-order valence-corrected chi connectivity index (χ0v) is 19.5. The minimum atomic E-state index is -3.74. The smallest absolute Gasteiger partial charge is 0.261 e. The second-order valence-corrected chi connectivity index (χ2v) is 9.50. The first kappa shape index (κ1) is 23.5. The summed E-state index contributed by atoms with van der Waals surface area (Å²) in [6.45, 7) is 5.73. The summed E-state index contributed by atoms with van der Waals surface area (Å²) >= 11 is 5.18. The van der Waals surface area contributed by atoms with Crippen LogP contribution in [-0.2, 0) is 10.0 Å². The predicted octanol–water partition coefficient (Wildman–Crippen LogP) is 3.33. The molecule has 3 rings (SSSR count). The van der Waals surface area contributed by atoms with Crippen molar-refractivity contribution in [3.8, 4) is 0 Å². The molecule has 0 spiro atoms. The van der Waals surface area contributed by atoms with Gasteiger partial charge in [-0.15, -0.1) is 0 Å². The number of sulfonamides is 1. The summed E-state index contributed by atoms with van der Waals surface area (Å²) < 4.78 is 27.9. The zero-order chi connectivity index (χ0) is 23.5. The third-order valence-corrected chi connectivity index (χ3v) is 6.55. The van der Waals surface area contributed by atoms with Crippen LogP contribution in [0.4, 0.5) is 11.4 Å². The topological polar surface area (TPSA) is 87.3 Å². The molecule has 3 aromatic carbocycles. The van der Waals surface area contributed by atoms with Crippen molar-refractivity contribution in [2.24, 2.45) is 0 Å². The zero-order valence-electron chi connectivity index (χ0n) is 17.9. The standard InChI is InChI=1S/C23H22BN3O3S2/c1-14-5-7-19(12-16(14)3)27-32(29,30)20-10-8-18(9-11-20)25-23(31)26-22(28)17-6-4-15(2)21(24)13-17/h4-13,27H,1-3H3,(H2,25,26,28,31). The highest BCUT2D eigenvalue weighted by Gasteiger charge is 2.15. The first-order chi connectivity index (χ1) is 15.0. The van der Waals surface area contributed by atoms with Crippen molar-refractivity contribution in [3.05, 3.63) is 82.9 Å². The van der Waals surface area contributed by atoms with Gasteiger partial charge in [-0.05, 0) is 86.6 Å². The van der Waals surface area contributed by atoms with E-state index >= 15 is 0 Å². The maximum absolute atomic E-state index is 12.7. The molecule has 0 heterocycles. The molecule has 6 nitrogen and oxygen atoms in total. The van der Waals surface area contributed by atoms with Gasteiger partial charge in [-0.25, -0.2) is 8.42 Å². The highest BCUT2D eigenvalue weighted by atomic mass is 32.2. The van der Waals surface area contributed by atoms with Gasteiger partial charge in [0.05, 0.1) is 4.90 Å². The molecule has 2 radical (unpaired) electrons. The van der Waals surface area contributed by atoms with Crippen molar-refractivity contribution in [3.63, 3.8) is 0 Å². The minimum Gasteiger partial charge on any atom is -0.332 e. The van der Waals surface area contributed by atoms with Crippen LogP contribution in [0.1, 0.15) is 27.0 Å². The lowest BCUT2D eigenvalue weighted by molar-refractivity contribution is 0.0978. The molecule has 0 aromatic heterocycles. The molecule has 0 aliphatic rings. The molecule has 0 fully saturated rings. The Bertz CT molecular complexity index is 1290. The average molecular weight is 463 g/mol. The second-order valence-electron chi connectivity index (χ2n) is 7.41. The van der Waals surface area contributed by atoms with Crippen molar-refractivity contribution in [1.29, 1.82) is 0 Å². The van der Waals surface area contributed by atoms with Crippen molar-refractivity contribution in [2.45, 2.75) is 25.7 Å². The lowest BCUT2D eigenvalue weighted by atomic mass is 9.89. The third kappa shape index (κ3) is 5.75. The van der Waals surface area contributed by atoms with Crippen molar-refractivity contribution in [1.82, 2.24) is 5.32 Å². The van der Waals surface area contributed by atoms with Crippen LogP contribution in [0, 0.1) is 20.8 Å². The summed E-state index contributed by atoms with van der Waals surface area (Å²) in [5.74, 6) is -0.397. The quantitative estimate of drug-likeness (QED) is 0.399. The fraction of sp³-hybridized carbons (Fsp3) is 0.130. The molecule has 162 valence electrons. The van der Waals surface area contributed by atoms with Gasteiger partial charge in [0.1, 0.15) is 7.85 Å². The van der Waals surface area contributed by atoms with E-state index in [1.165, 1.54) is 12.1 Å². The van der Waals surface area contributed by atoms with Crippen LogP contribution in [0.3, 0.4) is 0 Å². The minimum absolute atomic E-state index is 0.0815. The summed E-state index contributed by atoms with van der Waals surface area (Å²) in [5.41, 5.74) is 4.88. The number of carbonyl (C=O) groups excluding carboxylic acids is 1. The van der Waals surface area contributed by atoms with E-state index in [2.05, 4.69) is 15.4 Å². The Morgan fingerprint density at radius 3 is 2.09 bits per heavy atom. The van der Waals surface area contributed by atoms with Gasteiger partial charge in [0.15, 0.2) is 5.11 Å². The lowest BCUT2D eigenvalue weighted by Gasteiger charge is -2.12. The fourth-order valence-electron chi connectivity index (χ4n) is 2.86. The Balaban J connectivity index is 1.64. The van der Waals surface area contributed by atoms with E-state index in [-0.39, 0.29) is 10.0 Å². The number of hydrogen-bond donors (Lipinski definition) is 3. The SMILES string of the molecule is [B]c1cc(C(=O)NC(=S)Nc2ccc(S(=O)(=O)Nc3ccc(C)c(C)c3)cc2)ccc1C. The maximum Gasteiger partial charge on any atom is 0.261 e. The van der Waals surface area contributed by atoms with Crippen molar-refractivity contribution >= 4 is 57.9 Å². The molecule has 9 heteroatoms. The average Bonchev–Trinajstić information content (AvgIpc) is 2.73. The van der Waals surface area contributed by atoms with Gasteiger partial charge in [0, 0.05) is 16.9 Å². The number of aryl methyl sites for hydroxylation is 3. The Morgan fingerprint density at radius 2 is 1.47 bits per heavy atom. The molecule has 0 unspecified atom stereocenters. The van der Waals surface area contributed by atoms with Crippen molar-refractivity contribution in [2.75, 3.05) is 10.0 Å². The number of carbonyl (C=O) groups is 1. The van der Waals surface area contributed by atoms with E-state index < -0.39 is 15.9 Å². The van der Waals surface area contributed by atoms with Gasteiger partial charge in [-0.1, -0.05) is 29.2 Å². The molecule has 3 N–H and O–H groups in total. The molecule has 0 aliphatic carbocycles. The number of benzene rings is 3. The first-order valence-electron chi connectivity index (χ1n) is 9.74. The number of amides is 1. The normalized spacial score (nSPS) is 11.0. The van der Waals surface area contributed by atoms with Crippen LogP contribution < -0.4 is 20.8 Å². The molecule has 0 saturated heterocycles. The highest BCUT2D eigenvalue weighted by molar-refractivity contribution is 7.92. The van der Waals surface area contributed by atoms with E-state index in [4.69, 9.17) is 20.1 Å². The summed E-state index contributed by atoms with van der Waals surface area (Å²) in [7, 11) is 2.10. The molecule has 32 heavy (non-hydrogen) atoms. The molecule has 0 atom stereocenters. The van der Waals surface area contributed by atoms with Gasteiger partial charge in [-0.2, -0.15) is 0 Å². The summed E-state index contributed by atoms with van der Waals surface area (Å²) in [4.78, 5) is 12.4. The van der Waals surface area contributed by atoms with E-state index in [0.29, 0.717) is 22.4 Å². The van der Waals surface area contributed by atoms with E-state index in [0.717, 1.165) is 16.7 Å². The number of nitrogens with one attached hydrogen (secondary N) is 3. The maximum atomic E-state index is 12.7. The molecule has 0 aliphatic heterocycles. The van der Waals surface area contributed by atoms with E-state index in [1.54, 1.807) is 42.5 Å². The van der Waals surface area contributed by atoms with Gasteiger partial charge in [0.25, 0.3) is 15.9 Å². The monoisotopic (exact) mass is 463 g/mol. The van der Waals surface area contributed by atoms with E-state index in [1.807, 2.05) is 26.8 Å². The Hall–Kier alpha value is -3.17. The van der Waals surface area contributed by atoms with Crippen LogP contribution in [0.15, 0.2) is 65.6 Å². The number of thiocarbonyl (C=S) groups is 1. The molecule has 3 aromatic rings. The fourth-order valence-corrected chi connectivity index (χ4v) is 4.12. The molecule has 1 amide bonds.